The number of aliphatic hydroxyl groups excluding tert-OH is 1. The largest absolute Gasteiger partial charge is 0.393 e. The molecule has 1 atom stereocenters. The minimum atomic E-state index is -0.166. The minimum absolute atomic E-state index is 0.166. The van der Waals surface area contributed by atoms with Gasteiger partial charge in [0.05, 0.1) is 18.1 Å². The third kappa shape index (κ3) is 3.14. The molecule has 0 bridgehead atoms. The molecule has 0 aromatic carbocycles. The van der Waals surface area contributed by atoms with Crippen molar-refractivity contribution in [2.45, 2.75) is 52.7 Å². The molecular formula is C11H20N2O. The van der Waals surface area contributed by atoms with Crippen LogP contribution in [0.4, 0.5) is 0 Å². The summed E-state index contributed by atoms with van der Waals surface area (Å²) >= 11 is 0. The van der Waals surface area contributed by atoms with E-state index in [0.29, 0.717) is 0 Å². The van der Waals surface area contributed by atoms with Gasteiger partial charge in [-0.15, -0.1) is 0 Å². The van der Waals surface area contributed by atoms with Gasteiger partial charge in [0.15, 0.2) is 0 Å². The summed E-state index contributed by atoms with van der Waals surface area (Å²) in [7, 11) is 0. The van der Waals surface area contributed by atoms with Gasteiger partial charge in [0, 0.05) is 12.2 Å². The maximum Gasteiger partial charge on any atom is 0.0951 e. The molecule has 1 N–H and O–H groups in total. The molecule has 0 radical (unpaired) electrons. The van der Waals surface area contributed by atoms with Crippen LogP contribution in [0.25, 0.3) is 0 Å². The van der Waals surface area contributed by atoms with Crippen molar-refractivity contribution in [3.05, 3.63) is 17.7 Å². The van der Waals surface area contributed by atoms with Crippen molar-refractivity contribution in [1.29, 1.82) is 0 Å². The third-order valence-electron chi connectivity index (χ3n) is 2.62. The van der Waals surface area contributed by atoms with E-state index >= 15 is 0 Å². The number of aliphatic hydroxyl groups is 1. The summed E-state index contributed by atoms with van der Waals surface area (Å²) in [6.07, 6.45) is 4.82. The van der Waals surface area contributed by atoms with Crippen LogP contribution in [0, 0.1) is 13.8 Å². The highest BCUT2D eigenvalue weighted by atomic mass is 16.3. The van der Waals surface area contributed by atoms with Gasteiger partial charge in [-0.1, -0.05) is 0 Å². The average Bonchev–Trinajstić information content (AvgIpc) is 2.43. The van der Waals surface area contributed by atoms with Gasteiger partial charge in [-0.05, 0) is 40.0 Å². The predicted molar refractivity (Wildman–Crippen MR) is 57.2 cm³/mol. The Hall–Kier alpha value is -0.830. The van der Waals surface area contributed by atoms with Gasteiger partial charge in [0.2, 0.25) is 0 Å². The summed E-state index contributed by atoms with van der Waals surface area (Å²) in [6.45, 7) is 6.98. The highest BCUT2D eigenvalue weighted by Crippen LogP contribution is 2.07. The Morgan fingerprint density at radius 3 is 2.64 bits per heavy atom. The molecule has 0 saturated carbocycles. The lowest BCUT2D eigenvalue weighted by Crippen LogP contribution is -2.02. The number of rotatable bonds is 5. The summed E-state index contributed by atoms with van der Waals surface area (Å²) in [6, 6.07) is 0. The fourth-order valence-corrected chi connectivity index (χ4v) is 1.49. The molecule has 3 heteroatoms. The van der Waals surface area contributed by atoms with Crippen molar-refractivity contribution >= 4 is 0 Å². The lowest BCUT2D eigenvalue weighted by Gasteiger charge is -2.06. The van der Waals surface area contributed by atoms with Crippen molar-refractivity contribution in [3.8, 4) is 0 Å². The van der Waals surface area contributed by atoms with Crippen molar-refractivity contribution in [3.63, 3.8) is 0 Å². The second-order valence-electron chi connectivity index (χ2n) is 3.95. The summed E-state index contributed by atoms with van der Waals surface area (Å²) in [5.41, 5.74) is 2.36. The SMILES string of the molecule is Cc1ncn(CCCCC(C)O)c1C. The third-order valence-corrected chi connectivity index (χ3v) is 2.62. The summed E-state index contributed by atoms with van der Waals surface area (Å²) in [5.74, 6) is 0. The van der Waals surface area contributed by atoms with E-state index in [9.17, 15) is 0 Å². The summed E-state index contributed by atoms with van der Waals surface area (Å²) < 4.78 is 2.18. The minimum Gasteiger partial charge on any atom is -0.393 e. The van der Waals surface area contributed by atoms with Crippen LogP contribution in [0.15, 0.2) is 6.33 Å². The van der Waals surface area contributed by atoms with Crippen LogP contribution in [0.1, 0.15) is 37.6 Å². The highest BCUT2D eigenvalue weighted by Gasteiger charge is 2.01. The molecule has 0 aliphatic rings. The summed E-state index contributed by atoms with van der Waals surface area (Å²) in [5, 5.41) is 9.09. The molecule has 0 aliphatic heterocycles. The first kappa shape index (κ1) is 11.2. The van der Waals surface area contributed by atoms with Gasteiger partial charge in [-0.2, -0.15) is 0 Å². The molecule has 1 aromatic heterocycles. The van der Waals surface area contributed by atoms with Gasteiger partial charge in [0.25, 0.3) is 0 Å². The van der Waals surface area contributed by atoms with Crippen LogP contribution in [0.5, 0.6) is 0 Å². The van der Waals surface area contributed by atoms with Gasteiger partial charge in [-0.25, -0.2) is 4.98 Å². The Morgan fingerprint density at radius 2 is 2.14 bits per heavy atom. The molecule has 3 nitrogen and oxygen atoms in total. The van der Waals surface area contributed by atoms with E-state index in [2.05, 4.69) is 16.5 Å². The first-order valence-electron chi connectivity index (χ1n) is 5.27. The fourth-order valence-electron chi connectivity index (χ4n) is 1.49. The van der Waals surface area contributed by atoms with Gasteiger partial charge < -0.3 is 9.67 Å². The molecule has 1 unspecified atom stereocenters. The number of hydrogen-bond acceptors (Lipinski definition) is 2. The van der Waals surface area contributed by atoms with Gasteiger partial charge in [0.1, 0.15) is 0 Å². The maximum atomic E-state index is 9.09. The molecule has 0 amide bonds. The normalized spacial score (nSPS) is 13.1. The molecule has 1 rings (SSSR count). The Labute approximate surface area is 85.8 Å². The van der Waals surface area contributed by atoms with Crippen molar-refractivity contribution in [2.24, 2.45) is 0 Å². The van der Waals surface area contributed by atoms with Crippen LogP contribution >= 0.6 is 0 Å². The zero-order chi connectivity index (χ0) is 10.6. The molecule has 1 aromatic rings. The Bertz CT molecular complexity index is 279. The Morgan fingerprint density at radius 1 is 1.43 bits per heavy atom. The smallest absolute Gasteiger partial charge is 0.0951 e. The number of imidazole rings is 1. The first-order valence-corrected chi connectivity index (χ1v) is 5.27. The predicted octanol–water partition coefficient (Wildman–Crippen LogP) is 2.05. The molecule has 14 heavy (non-hydrogen) atoms. The standard InChI is InChI=1S/C11H20N2O/c1-9(14)6-4-5-7-13-8-12-10(2)11(13)3/h8-9,14H,4-7H2,1-3H3. The number of aryl methyl sites for hydroxylation is 2. The van der Waals surface area contributed by atoms with E-state index in [1.165, 1.54) is 5.69 Å². The number of unbranched alkanes of at least 4 members (excludes halogenated alkanes) is 1. The molecule has 0 saturated heterocycles. The molecule has 0 fully saturated rings. The van der Waals surface area contributed by atoms with E-state index in [0.717, 1.165) is 31.5 Å². The monoisotopic (exact) mass is 196 g/mol. The van der Waals surface area contributed by atoms with Crippen molar-refractivity contribution in [1.82, 2.24) is 9.55 Å². The van der Waals surface area contributed by atoms with E-state index in [1.807, 2.05) is 20.2 Å². The zero-order valence-corrected chi connectivity index (χ0v) is 9.32. The van der Waals surface area contributed by atoms with Crippen molar-refractivity contribution < 1.29 is 5.11 Å². The van der Waals surface area contributed by atoms with E-state index in [-0.39, 0.29) is 6.10 Å². The topological polar surface area (TPSA) is 38.0 Å². The molecule has 80 valence electrons. The number of nitrogens with zero attached hydrogens (tertiary/aromatic N) is 2. The lowest BCUT2D eigenvalue weighted by molar-refractivity contribution is 0.180. The fraction of sp³-hybridized carbons (Fsp3) is 0.727. The van der Waals surface area contributed by atoms with Gasteiger partial charge >= 0.3 is 0 Å². The zero-order valence-electron chi connectivity index (χ0n) is 9.32. The van der Waals surface area contributed by atoms with E-state index in [4.69, 9.17) is 5.11 Å². The average molecular weight is 196 g/mol. The highest BCUT2D eigenvalue weighted by molar-refractivity contribution is 5.08. The molecule has 0 spiro atoms. The number of aromatic nitrogens is 2. The second-order valence-corrected chi connectivity index (χ2v) is 3.95. The Kier molecular flexibility index (Phi) is 4.14. The van der Waals surface area contributed by atoms with Crippen LogP contribution in [0.3, 0.4) is 0 Å². The quantitative estimate of drug-likeness (QED) is 0.732. The van der Waals surface area contributed by atoms with Crippen molar-refractivity contribution in [2.75, 3.05) is 0 Å². The molecule has 1 heterocycles. The van der Waals surface area contributed by atoms with Crippen LogP contribution < -0.4 is 0 Å². The van der Waals surface area contributed by atoms with Gasteiger partial charge in [-0.3, -0.25) is 0 Å². The van der Waals surface area contributed by atoms with Crippen LogP contribution in [-0.2, 0) is 6.54 Å². The lowest BCUT2D eigenvalue weighted by atomic mass is 10.2. The summed E-state index contributed by atoms with van der Waals surface area (Å²) in [4.78, 5) is 4.24. The molecular weight excluding hydrogens is 176 g/mol. The first-order chi connectivity index (χ1) is 6.61. The van der Waals surface area contributed by atoms with Crippen LogP contribution in [0.2, 0.25) is 0 Å². The van der Waals surface area contributed by atoms with E-state index in [1.54, 1.807) is 0 Å². The van der Waals surface area contributed by atoms with Crippen LogP contribution in [-0.4, -0.2) is 20.8 Å². The maximum absolute atomic E-state index is 9.09. The molecule has 0 aliphatic carbocycles. The second kappa shape index (κ2) is 5.15. The number of hydrogen-bond donors (Lipinski definition) is 1. The van der Waals surface area contributed by atoms with E-state index < -0.39 is 0 Å². The Balaban J connectivity index is 2.28.